The number of amides is 1. The van der Waals surface area contributed by atoms with Gasteiger partial charge in [0.15, 0.2) is 6.61 Å². The molecule has 2 rings (SSSR count). The maximum atomic E-state index is 12.0. The molecule has 0 fully saturated rings. The van der Waals surface area contributed by atoms with Crippen molar-refractivity contribution in [1.82, 2.24) is 5.32 Å². The van der Waals surface area contributed by atoms with Crippen LogP contribution in [-0.4, -0.2) is 12.5 Å². The van der Waals surface area contributed by atoms with Crippen LogP contribution in [0, 0.1) is 6.92 Å². The average Bonchev–Trinajstić information content (AvgIpc) is 2.54. The Morgan fingerprint density at radius 3 is 2.45 bits per heavy atom. The Balaban J connectivity index is 1.87. The first-order valence-electron chi connectivity index (χ1n) is 7.66. The summed E-state index contributed by atoms with van der Waals surface area (Å²) in [5, 5.41) is 2.96. The van der Waals surface area contributed by atoms with Crippen LogP contribution in [0.3, 0.4) is 0 Å². The molecule has 0 radical (unpaired) electrons. The van der Waals surface area contributed by atoms with E-state index in [1.54, 1.807) is 0 Å². The fourth-order valence-corrected chi connectivity index (χ4v) is 2.27. The molecule has 2 aromatic rings. The van der Waals surface area contributed by atoms with Gasteiger partial charge in [-0.15, -0.1) is 0 Å². The van der Waals surface area contributed by atoms with Crippen LogP contribution in [0.2, 0.25) is 0 Å². The van der Waals surface area contributed by atoms with E-state index in [1.165, 1.54) is 5.56 Å². The number of hydrogen-bond acceptors (Lipinski definition) is 2. The zero-order valence-corrected chi connectivity index (χ0v) is 13.4. The van der Waals surface area contributed by atoms with Gasteiger partial charge >= 0.3 is 0 Å². The van der Waals surface area contributed by atoms with Gasteiger partial charge in [0.25, 0.3) is 5.91 Å². The van der Waals surface area contributed by atoms with Crippen LogP contribution >= 0.6 is 0 Å². The molecule has 0 heterocycles. The highest BCUT2D eigenvalue weighted by Crippen LogP contribution is 2.16. The summed E-state index contributed by atoms with van der Waals surface area (Å²) in [5.74, 6) is 0.632. The fraction of sp³-hybridized carbons (Fsp3) is 0.316. The van der Waals surface area contributed by atoms with Crippen LogP contribution in [0.4, 0.5) is 0 Å². The molecule has 1 unspecified atom stereocenters. The van der Waals surface area contributed by atoms with Crippen molar-refractivity contribution in [1.29, 1.82) is 0 Å². The van der Waals surface area contributed by atoms with Crippen molar-refractivity contribution >= 4 is 5.91 Å². The third-order valence-corrected chi connectivity index (χ3v) is 3.72. The van der Waals surface area contributed by atoms with Gasteiger partial charge in [-0.2, -0.15) is 0 Å². The summed E-state index contributed by atoms with van der Waals surface area (Å²) in [5.41, 5.74) is 3.42. The Kier molecular flexibility index (Phi) is 5.59. The molecule has 1 amide bonds. The summed E-state index contributed by atoms with van der Waals surface area (Å²) >= 11 is 0. The first kappa shape index (κ1) is 16.1. The van der Waals surface area contributed by atoms with Gasteiger partial charge in [0.2, 0.25) is 0 Å². The van der Waals surface area contributed by atoms with E-state index in [4.69, 9.17) is 4.74 Å². The smallest absolute Gasteiger partial charge is 0.258 e. The van der Waals surface area contributed by atoms with Gasteiger partial charge in [-0.25, -0.2) is 0 Å². The Morgan fingerprint density at radius 1 is 1.14 bits per heavy atom. The number of carbonyl (C=O) groups is 1. The van der Waals surface area contributed by atoms with Crippen LogP contribution in [-0.2, 0) is 11.2 Å². The van der Waals surface area contributed by atoms with E-state index in [0.717, 1.165) is 23.3 Å². The van der Waals surface area contributed by atoms with Gasteiger partial charge in [-0.3, -0.25) is 4.79 Å². The minimum atomic E-state index is -0.115. The Hall–Kier alpha value is -2.29. The molecular formula is C19H23NO2. The molecule has 0 aliphatic carbocycles. The van der Waals surface area contributed by atoms with Crippen molar-refractivity contribution in [3.05, 3.63) is 65.2 Å². The summed E-state index contributed by atoms with van der Waals surface area (Å²) < 4.78 is 5.56. The van der Waals surface area contributed by atoms with Gasteiger partial charge in [-0.05, 0) is 43.0 Å². The van der Waals surface area contributed by atoms with Gasteiger partial charge < -0.3 is 10.1 Å². The molecule has 0 saturated carbocycles. The number of rotatable bonds is 6. The molecule has 1 N–H and O–H groups in total. The standard InChI is InChI=1S/C19H23NO2/c1-4-16-9-11-17(12-10-16)15(3)20-19(21)13-22-18-8-6-5-7-14(18)2/h5-12,15H,4,13H2,1-3H3,(H,20,21). The van der Waals surface area contributed by atoms with Crippen LogP contribution < -0.4 is 10.1 Å². The first-order chi connectivity index (χ1) is 10.6. The highest BCUT2D eigenvalue weighted by atomic mass is 16.5. The molecule has 0 bridgehead atoms. The molecular weight excluding hydrogens is 274 g/mol. The summed E-state index contributed by atoms with van der Waals surface area (Å²) in [4.78, 5) is 12.0. The van der Waals surface area contributed by atoms with Crippen molar-refractivity contribution in [3.63, 3.8) is 0 Å². The second kappa shape index (κ2) is 7.64. The lowest BCUT2D eigenvalue weighted by molar-refractivity contribution is -0.123. The highest BCUT2D eigenvalue weighted by molar-refractivity contribution is 5.78. The zero-order chi connectivity index (χ0) is 15.9. The summed E-state index contributed by atoms with van der Waals surface area (Å²) in [7, 11) is 0. The van der Waals surface area contributed by atoms with E-state index in [0.29, 0.717) is 0 Å². The van der Waals surface area contributed by atoms with Gasteiger partial charge in [0.05, 0.1) is 6.04 Å². The lowest BCUT2D eigenvalue weighted by Gasteiger charge is -2.15. The molecule has 0 spiro atoms. The summed E-state index contributed by atoms with van der Waals surface area (Å²) in [6, 6.07) is 16.0. The Bertz CT molecular complexity index is 620. The van der Waals surface area contributed by atoms with E-state index in [2.05, 4.69) is 36.5 Å². The zero-order valence-electron chi connectivity index (χ0n) is 13.4. The van der Waals surface area contributed by atoms with Crippen LogP contribution in [0.25, 0.3) is 0 Å². The average molecular weight is 297 g/mol. The van der Waals surface area contributed by atoms with Crippen molar-refractivity contribution in [2.24, 2.45) is 0 Å². The molecule has 22 heavy (non-hydrogen) atoms. The van der Waals surface area contributed by atoms with Crippen LogP contribution in [0.1, 0.15) is 36.6 Å². The molecule has 0 aromatic heterocycles. The van der Waals surface area contributed by atoms with E-state index >= 15 is 0 Å². The number of para-hydroxylation sites is 1. The van der Waals surface area contributed by atoms with Gasteiger partial charge in [0, 0.05) is 0 Å². The molecule has 0 saturated heterocycles. The third-order valence-electron chi connectivity index (χ3n) is 3.72. The summed E-state index contributed by atoms with van der Waals surface area (Å²) in [6.45, 7) is 6.10. The Morgan fingerprint density at radius 2 is 1.82 bits per heavy atom. The minimum Gasteiger partial charge on any atom is -0.484 e. The number of hydrogen-bond donors (Lipinski definition) is 1. The lowest BCUT2D eigenvalue weighted by Crippen LogP contribution is -2.31. The second-order valence-electron chi connectivity index (χ2n) is 5.44. The number of aryl methyl sites for hydroxylation is 2. The quantitative estimate of drug-likeness (QED) is 0.880. The predicted molar refractivity (Wildman–Crippen MR) is 89.1 cm³/mol. The summed E-state index contributed by atoms with van der Waals surface area (Å²) in [6.07, 6.45) is 1.02. The Labute approximate surface area is 132 Å². The van der Waals surface area contributed by atoms with Gasteiger partial charge in [0.1, 0.15) is 5.75 Å². The number of ether oxygens (including phenoxy) is 1. The SMILES string of the molecule is CCc1ccc(C(C)NC(=O)COc2ccccc2C)cc1. The lowest BCUT2D eigenvalue weighted by atomic mass is 10.1. The van der Waals surface area contributed by atoms with E-state index < -0.39 is 0 Å². The van der Waals surface area contributed by atoms with E-state index in [-0.39, 0.29) is 18.6 Å². The molecule has 3 heteroatoms. The van der Waals surface area contributed by atoms with Crippen molar-refractivity contribution in [2.45, 2.75) is 33.2 Å². The second-order valence-corrected chi connectivity index (χ2v) is 5.44. The molecule has 3 nitrogen and oxygen atoms in total. The van der Waals surface area contributed by atoms with E-state index in [9.17, 15) is 4.79 Å². The predicted octanol–water partition coefficient (Wildman–Crippen LogP) is 3.81. The van der Waals surface area contributed by atoms with Crippen molar-refractivity contribution in [3.8, 4) is 5.75 Å². The van der Waals surface area contributed by atoms with E-state index in [1.807, 2.05) is 38.1 Å². The third kappa shape index (κ3) is 4.35. The van der Waals surface area contributed by atoms with Crippen LogP contribution in [0.5, 0.6) is 5.75 Å². The molecule has 0 aliphatic heterocycles. The highest BCUT2D eigenvalue weighted by Gasteiger charge is 2.10. The minimum absolute atomic E-state index is 0.0288. The number of carbonyl (C=O) groups excluding carboxylic acids is 1. The number of benzene rings is 2. The fourth-order valence-electron chi connectivity index (χ4n) is 2.27. The molecule has 2 aromatic carbocycles. The molecule has 116 valence electrons. The monoisotopic (exact) mass is 297 g/mol. The molecule has 1 atom stereocenters. The normalized spacial score (nSPS) is 11.8. The number of nitrogens with one attached hydrogen (secondary N) is 1. The maximum absolute atomic E-state index is 12.0. The van der Waals surface area contributed by atoms with Crippen molar-refractivity contribution < 1.29 is 9.53 Å². The van der Waals surface area contributed by atoms with Crippen LogP contribution in [0.15, 0.2) is 48.5 Å². The topological polar surface area (TPSA) is 38.3 Å². The largest absolute Gasteiger partial charge is 0.484 e. The maximum Gasteiger partial charge on any atom is 0.258 e. The van der Waals surface area contributed by atoms with Gasteiger partial charge in [-0.1, -0.05) is 49.4 Å². The molecule has 0 aliphatic rings. The van der Waals surface area contributed by atoms with Crippen molar-refractivity contribution in [2.75, 3.05) is 6.61 Å². The first-order valence-corrected chi connectivity index (χ1v) is 7.66.